The molecular weight excluding hydrogens is 258 g/mol. The molecule has 5 nitrogen and oxygen atoms in total. The molecule has 7 heteroatoms. The lowest BCUT2D eigenvalue weighted by atomic mass is 9.82. The molecule has 0 unspecified atom stereocenters. The summed E-state index contributed by atoms with van der Waals surface area (Å²) in [4.78, 5) is 9.99. The topological polar surface area (TPSA) is 64.4 Å². The fourth-order valence-electron chi connectivity index (χ4n) is 2.17. The lowest BCUT2D eigenvalue weighted by Crippen LogP contribution is -2.39. The van der Waals surface area contributed by atoms with Crippen molar-refractivity contribution >= 4 is 5.69 Å². The van der Waals surface area contributed by atoms with Crippen molar-refractivity contribution in [3.63, 3.8) is 0 Å². The van der Waals surface area contributed by atoms with Gasteiger partial charge < -0.3 is 10.1 Å². The van der Waals surface area contributed by atoms with Gasteiger partial charge in [-0.25, -0.2) is 4.39 Å². The van der Waals surface area contributed by atoms with Gasteiger partial charge in [-0.2, -0.15) is 4.39 Å². The van der Waals surface area contributed by atoms with E-state index in [1.807, 2.05) is 7.05 Å². The summed E-state index contributed by atoms with van der Waals surface area (Å²) in [6.07, 6.45) is 1.05. The molecule has 104 valence electrons. The average Bonchev–Trinajstić information content (AvgIpc) is 2.31. The molecule has 1 aliphatic carbocycles. The fraction of sp³-hybridized carbons (Fsp3) is 0.500. The Labute approximate surface area is 108 Å². The van der Waals surface area contributed by atoms with E-state index in [2.05, 4.69) is 5.32 Å². The summed E-state index contributed by atoms with van der Waals surface area (Å²) in [6, 6.07) is 1.64. The van der Waals surface area contributed by atoms with Gasteiger partial charge in [0.2, 0.25) is 11.6 Å². The Kier molecular flexibility index (Phi) is 3.94. The van der Waals surface area contributed by atoms with E-state index in [1.54, 1.807) is 0 Å². The first-order chi connectivity index (χ1) is 9.02. The predicted octanol–water partition coefficient (Wildman–Crippen LogP) is 2.25. The van der Waals surface area contributed by atoms with Crippen LogP contribution in [0.3, 0.4) is 0 Å². The molecule has 0 aromatic heterocycles. The molecule has 1 N–H and O–H groups in total. The van der Waals surface area contributed by atoms with Crippen LogP contribution in [0.15, 0.2) is 12.1 Å². The first-order valence-corrected chi connectivity index (χ1v) is 5.96. The minimum absolute atomic E-state index is 0.298. The maximum atomic E-state index is 13.6. The van der Waals surface area contributed by atoms with E-state index in [-0.39, 0.29) is 6.10 Å². The van der Waals surface area contributed by atoms with E-state index in [9.17, 15) is 18.9 Å². The van der Waals surface area contributed by atoms with Crippen molar-refractivity contribution in [2.75, 3.05) is 13.6 Å². The molecule has 19 heavy (non-hydrogen) atoms. The van der Waals surface area contributed by atoms with E-state index in [4.69, 9.17) is 4.74 Å². The van der Waals surface area contributed by atoms with Gasteiger partial charge in [0.05, 0.1) is 11.0 Å². The lowest BCUT2D eigenvalue weighted by molar-refractivity contribution is -0.386. The van der Waals surface area contributed by atoms with Gasteiger partial charge in [-0.15, -0.1) is 0 Å². The van der Waals surface area contributed by atoms with Crippen LogP contribution in [0.4, 0.5) is 14.5 Å². The number of hydrogen-bond acceptors (Lipinski definition) is 4. The molecule has 0 bridgehead atoms. The van der Waals surface area contributed by atoms with Gasteiger partial charge in [-0.3, -0.25) is 10.1 Å². The van der Waals surface area contributed by atoms with E-state index >= 15 is 0 Å². The van der Waals surface area contributed by atoms with Gasteiger partial charge >= 0.3 is 5.69 Å². The van der Waals surface area contributed by atoms with Crippen LogP contribution in [0.1, 0.15) is 12.8 Å². The van der Waals surface area contributed by atoms with Gasteiger partial charge in [-0.05, 0) is 38.4 Å². The zero-order valence-corrected chi connectivity index (χ0v) is 10.4. The maximum Gasteiger partial charge on any atom is 0.314 e. The average molecular weight is 272 g/mol. The van der Waals surface area contributed by atoms with Crippen molar-refractivity contribution in [1.82, 2.24) is 5.32 Å². The second-order valence-electron chi connectivity index (χ2n) is 4.60. The summed E-state index contributed by atoms with van der Waals surface area (Å²) in [7, 11) is 1.82. The summed E-state index contributed by atoms with van der Waals surface area (Å²) in [5.41, 5.74) is -0.545. The van der Waals surface area contributed by atoms with Crippen LogP contribution in [-0.2, 0) is 0 Å². The van der Waals surface area contributed by atoms with E-state index in [0.29, 0.717) is 18.8 Å². The Morgan fingerprint density at radius 3 is 2.74 bits per heavy atom. The number of hydrogen-bond donors (Lipinski definition) is 1. The van der Waals surface area contributed by atoms with Gasteiger partial charge in [0.1, 0.15) is 0 Å². The number of benzene rings is 1. The fourth-order valence-corrected chi connectivity index (χ4v) is 2.17. The highest BCUT2D eigenvalue weighted by Gasteiger charge is 2.33. The SMILES string of the molecule is CNCC1CC(Oc2c([N+](=O)[O-])ccc(F)c2F)C1. The largest absolute Gasteiger partial charge is 0.481 e. The van der Waals surface area contributed by atoms with Gasteiger partial charge in [0, 0.05) is 6.07 Å². The quantitative estimate of drug-likeness (QED) is 0.659. The second-order valence-corrected chi connectivity index (χ2v) is 4.60. The first kappa shape index (κ1) is 13.7. The number of rotatable bonds is 5. The van der Waals surface area contributed by atoms with Crippen LogP contribution < -0.4 is 10.1 Å². The summed E-state index contributed by atoms with van der Waals surface area (Å²) in [6.45, 7) is 0.813. The number of nitrogens with one attached hydrogen (secondary N) is 1. The highest BCUT2D eigenvalue weighted by atomic mass is 19.2. The molecule has 2 rings (SSSR count). The molecular formula is C12H14F2N2O3. The highest BCUT2D eigenvalue weighted by molar-refractivity contribution is 5.47. The summed E-state index contributed by atoms with van der Waals surface area (Å²) < 4.78 is 31.9. The van der Waals surface area contributed by atoms with Gasteiger partial charge in [-0.1, -0.05) is 0 Å². The minimum Gasteiger partial charge on any atom is -0.481 e. The Bertz CT molecular complexity index is 490. The van der Waals surface area contributed by atoms with Crippen LogP contribution in [0.5, 0.6) is 5.75 Å². The van der Waals surface area contributed by atoms with Crippen molar-refractivity contribution in [2.24, 2.45) is 5.92 Å². The molecule has 0 atom stereocenters. The molecule has 1 saturated carbocycles. The van der Waals surface area contributed by atoms with E-state index in [1.165, 1.54) is 0 Å². The van der Waals surface area contributed by atoms with Crippen LogP contribution in [0, 0.1) is 27.7 Å². The molecule has 0 amide bonds. The third-order valence-electron chi connectivity index (χ3n) is 3.20. The molecule has 1 fully saturated rings. The smallest absolute Gasteiger partial charge is 0.314 e. The van der Waals surface area contributed by atoms with E-state index < -0.39 is 28.0 Å². The molecule has 1 aromatic rings. The van der Waals surface area contributed by atoms with Crippen LogP contribution >= 0.6 is 0 Å². The van der Waals surface area contributed by atoms with Crippen molar-refractivity contribution in [3.8, 4) is 5.75 Å². The molecule has 1 aromatic carbocycles. The third-order valence-corrected chi connectivity index (χ3v) is 3.20. The molecule has 0 spiro atoms. The Hall–Kier alpha value is -1.76. The Morgan fingerprint density at radius 1 is 1.47 bits per heavy atom. The Morgan fingerprint density at radius 2 is 2.16 bits per heavy atom. The summed E-state index contributed by atoms with van der Waals surface area (Å²) in [5, 5.41) is 13.8. The zero-order valence-electron chi connectivity index (χ0n) is 10.4. The molecule has 0 saturated heterocycles. The van der Waals surface area contributed by atoms with Gasteiger partial charge in [0.15, 0.2) is 5.82 Å². The van der Waals surface area contributed by atoms with Crippen molar-refractivity contribution in [3.05, 3.63) is 33.9 Å². The molecule has 1 aliphatic rings. The van der Waals surface area contributed by atoms with Crippen molar-refractivity contribution in [2.45, 2.75) is 18.9 Å². The number of halogens is 2. The minimum atomic E-state index is -1.30. The number of nitro groups is 1. The van der Waals surface area contributed by atoms with Crippen LogP contribution in [0.2, 0.25) is 0 Å². The molecule has 0 aliphatic heterocycles. The number of nitrogens with zero attached hydrogens (tertiary/aromatic N) is 1. The van der Waals surface area contributed by atoms with Crippen molar-refractivity contribution in [1.29, 1.82) is 0 Å². The predicted molar refractivity (Wildman–Crippen MR) is 64.1 cm³/mol. The maximum absolute atomic E-state index is 13.6. The highest BCUT2D eigenvalue weighted by Crippen LogP contribution is 2.37. The van der Waals surface area contributed by atoms with Crippen molar-refractivity contribution < 1.29 is 18.4 Å². The first-order valence-electron chi connectivity index (χ1n) is 5.96. The lowest BCUT2D eigenvalue weighted by Gasteiger charge is -2.35. The molecule has 0 radical (unpaired) electrons. The molecule has 0 heterocycles. The normalized spacial score (nSPS) is 21.8. The van der Waals surface area contributed by atoms with Crippen LogP contribution in [-0.4, -0.2) is 24.6 Å². The summed E-state index contributed by atoms with van der Waals surface area (Å²) >= 11 is 0. The van der Waals surface area contributed by atoms with E-state index in [0.717, 1.165) is 18.7 Å². The summed E-state index contributed by atoms with van der Waals surface area (Å²) in [5.74, 6) is -2.64. The zero-order chi connectivity index (χ0) is 14.0. The Balaban J connectivity index is 2.12. The standard InChI is InChI=1S/C12H14F2N2O3/c1-15-6-7-4-8(5-7)19-12-10(16(17)18)3-2-9(13)11(12)14/h2-3,7-8,15H,4-6H2,1H3. The second kappa shape index (κ2) is 5.48. The third kappa shape index (κ3) is 2.81. The number of nitro benzene ring substituents is 1. The van der Waals surface area contributed by atoms with Gasteiger partial charge in [0.25, 0.3) is 0 Å². The monoisotopic (exact) mass is 272 g/mol. The van der Waals surface area contributed by atoms with Crippen LogP contribution in [0.25, 0.3) is 0 Å². The number of ether oxygens (including phenoxy) is 1.